The van der Waals surface area contributed by atoms with Crippen molar-refractivity contribution in [2.24, 2.45) is 0 Å². The van der Waals surface area contributed by atoms with Gasteiger partial charge in [0.25, 0.3) is 10.0 Å². The summed E-state index contributed by atoms with van der Waals surface area (Å²) >= 11 is 6.31. The number of rotatable bonds is 10. The van der Waals surface area contributed by atoms with Crippen molar-refractivity contribution < 1.29 is 27.9 Å². The molecular formula is C31H27ClN2O6S. The Labute approximate surface area is 243 Å². The number of halogens is 1. The van der Waals surface area contributed by atoms with Crippen molar-refractivity contribution in [2.45, 2.75) is 23.8 Å². The average molecular weight is 591 g/mol. The van der Waals surface area contributed by atoms with E-state index in [1.165, 1.54) is 16.4 Å². The van der Waals surface area contributed by atoms with Crippen LogP contribution in [0.1, 0.15) is 11.1 Å². The van der Waals surface area contributed by atoms with Crippen molar-refractivity contribution in [3.8, 4) is 16.9 Å². The van der Waals surface area contributed by atoms with Crippen molar-refractivity contribution >= 4 is 39.2 Å². The van der Waals surface area contributed by atoms with E-state index in [9.17, 15) is 18.0 Å². The molecule has 5 rings (SSSR count). The highest BCUT2D eigenvalue weighted by molar-refractivity contribution is 7.93. The summed E-state index contributed by atoms with van der Waals surface area (Å²) in [5.41, 5.74) is 3.46. The van der Waals surface area contributed by atoms with Crippen molar-refractivity contribution in [3.63, 3.8) is 0 Å². The van der Waals surface area contributed by atoms with E-state index in [0.29, 0.717) is 22.0 Å². The van der Waals surface area contributed by atoms with Crippen LogP contribution in [0.2, 0.25) is 5.02 Å². The summed E-state index contributed by atoms with van der Waals surface area (Å²) in [5, 5.41) is 12.2. The van der Waals surface area contributed by atoms with Crippen LogP contribution in [-0.4, -0.2) is 44.6 Å². The maximum absolute atomic E-state index is 13.9. The maximum atomic E-state index is 13.9. The minimum atomic E-state index is -4.08. The average Bonchev–Trinajstić information content (AvgIpc) is 3.37. The minimum absolute atomic E-state index is 0.0671. The van der Waals surface area contributed by atoms with Gasteiger partial charge in [-0.05, 0) is 53.1 Å². The maximum Gasteiger partial charge on any atom is 0.307 e. The smallest absolute Gasteiger partial charge is 0.307 e. The van der Waals surface area contributed by atoms with Gasteiger partial charge < -0.3 is 15.2 Å². The fourth-order valence-corrected chi connectivity index (χ4v) is 6.70. The second kappa shape index (κ2) is 12.0. The molecule has 4 aromatic carbocycles. The molecule has 0 spiro atoms. The van der Waals surface area contributed by atoms with Crippen LogP contribution < -0.4 is 14.4 Å². The molecule has 0 saturated heterocycles. The molecule has 0 saturated carbocycles. The summed E-state index contributed by atoms with van der Waals surface area (Å²) in [6, 6.07) is 26.6. The van der Waals surface area contributed by atoms with Gasteiger partial charge >= 0.3 is 5.97 Å². The third-order valence-corrected chi connectivity index (χ3v) is 8.94. The number of amides is 1. The Morgan fingerprint density at radius 3 is 2.32 bits per heavy atom. The fourth-order valence-electron chi connectivity index (χ4n) is 4.81. The van der Waals surface area contributed by atoms with Crippen LogP contribution in [0.5, 0.6) is 5.75 Å². The van der Waals surface area contributed by atoms with Gasteiger partial charge in [-0.2, -0.15) is 0 Å². The van der Waals surface area contributed by atoms with Crippen LogP contribution in [0.3, 0.4) is 0 Å². The van der Waals surface area contributed by atoms with Crippen molar-refractivity contribution in [2.75, 3.05) is 17.5 Å². The lowest BCUT2D eigenvalue weighted by atomic mass is 10.1. The molecule has 1 atom stereocenters. The number of nitrogens with zero attached hydrogens (tertiary/aromatic N) is 1. The standard InChI is InChI=1S/C31H27ClN2O6S/c32-27-7-3-2-6-26(27)22-11-15-25(16-12-22)41(38,39)34-28-8-4-1-5-23(28)20-29(34)31(37)33-17-18-40-24-13-9-21(10-14-24)19-30(35)36/h1-16,29H,17-20H2,(H,33,37)(H,35,36)/t29-/m0/s1. The molecule has 41 heavy (non-hydrogen) atoms. The van der Waals surface area contributed by atoms with Crippen molar-refractivity contribution in [1.82, 2.24) is 5.32 Å². The molecule has 2 N–H and O–H groups in total. The second-order valence-electron chi connectivity index (χ2n) is 9.51. The zero-order chi connectivity index (χ0) is 29.0. The molecular weight excluding hydrogens is 564 g/mol. The topological polar surface area (TPSA) is 113 Å². The summed E-state index contributed by atoms with van der Waals surface area (Å²) in [4.78, 5) is 24.2. The molecule has 0 radical (unpaired) electrons. The quantitative estimate of drug-likeness (QED) is 0.253. The predicted octanol–water partition coefficient (Wildman–Crippen LogP) is 4.95. The summed E-state index contributed by atoms with van der Waals surface area (Å²) < 4.78 is 34.6. The number of hydrogen-bond acceptors (Lipinski definition) is 5. The molecule has 0 aliphatic carbocycles. The predicted molar refractivity (Wildman–Crippen MR) is 157 cm³/mol. The highest BCUT2D eigenvalue weighted by Crippen LogP contribution is 2.37. The van der Waals surface area contributed by atoms with Gasteiger partial charge in [-0.15, -0.1) is 0 Å². The Morgan fingerprint density at radius 2 is 1.61 bits per heavy atom. The number of hydrogen-bond donors (Lipinski definition) is 2. The zero-order valence-electron chi connectivity index (χ0n) is 21.9. The Kier molecular flexibility index (Phi) is 8.28. The third-order valence-electron chi connectivity index (χ3n) is 6.77. The number of nitrogens with one attached hydrogen (secondary N) is 1. The number of carboxylic acids is 1. The van der Waals surface area contributed by atoms with Gasteiger partial charge in [0, 0.05) is 17.0 Å². The minimum Gasteiger partial charge on any atom is -0.492 e. The molecule has 0 bridgehead atoms. The lowest BCUT2D eigenvalue weighted by Crippen LogP contribution is -2.48. The van der Waals surface area contributed by atoms with Crippen LogP contribution in [0.4, 0.5) is 5.69 Å². The fraction of sp³-hybridized carbons (Fsp3) is 0.161. The van der Waals surface area contributed by atoms with E-state index in [1.807, 2.05) is 30.3 Å². The summed E-state index contributed by atoms with van der Waals surface area (Å²) in [5.74, 6) is -0.815. The van der Waals surface area contributed by atoms with Gasteiger partial charge in [0.2, 0.25) is 5.91 Å². The number of para-hydroxylation sites is 1. The molecule has 1 aliphatic rings. The molecule has 0 fully saturated rings. The zero-order valence-corrected chi connectivity index (χ0v) is 23.4. The molecule has 4 aromatic rings. The highest BCUT2D eigenvalue weighted by Gasteiger charge is 2.42. The van der Waals surface area contributed by atoms with Crippen LogP contribution in [0.25, 0.3) is 11.1 Å². The number of ether oxygens (including phenoxy) is 1. The van der Waals surface area contributed by atoms with Gasteiger partial charge in [-0.1, -0.05) is 72.3 Å². The number of aliphatic carboxylic acids is 1. The SMILES string of the molecule is O=C(O)Cc1ccc(OCCNC(=O)[C@@H]2Cc3ccccc3N2S(=O)(=O)c2ccc(-c3ccccc3Cl)cc2)cc1. The molecule has 8 nitrogen and oxygen atoms in total. The second-order valence-corrected chi connectivity index (χ2v) is 11.7. The van der Waals surface area contributed by atoms with Crippen LogP contribution >= 0.6 is 11.6 Å². The Bertz CT molecular complexity index is 1670. The first kappa shape index (κ1) is 28.2. The van der Waals surface area contributed by atoms with Crippen LogP contribution in [0, 0.1) is 0 Å². The number of carboxylic acid groups (broad SMARTS) is 1. The largest absolute Gasteiger partial charge is 0.492 e. The lowest BCUT2D eigenvalue weighted by Gasteiger charge is -2.26. The first-order valence-corrected chi connectivity index (χ1v) is 14.7. The number of sulfonamides is 1. The highest BCUT2D eigenvalue weighted by atomic mass is 35.5. The first-order chi connectivity index (χ1) is 19.7. The molecule has 0 aromatic heterocycles. The molecule has 1 amide bonds. The van der Waals surface area contributed by atoms with E-state index < -0.39 is 27.9 Å². The Balaban J connectivity index is 1.29. The molecule has 1 heterocycles. The Hall–Kier alpha value is -4.34. The van der Waals surface area contributed by atoms with Gasteiger partial charge in [-0.25, -0.2) is 8.42 Å². The molecule has 1 aliphatic heterocycles. The van der Waals surface area contributed by atoms with E-state index in [0.717, 1.165) is 16.7 Å². The van der Waals surface area contributed by atoms with Gasteiger partial charge in [-0.3, -0.25) is 13.9 Å². The van der Waals surface area contributed by atoms with Crippen LogP contribution in [0.15, 0.2) is 102 Å². The van der Waals surface area contributed by atoms with E-state index in [2.05, 4.69) is 5.32 Å². The van der Waals surface area contributed by atoms with E-state index >= 15 is 0 Å². The lowest BCUT2D eigenvalue weighted by molar-refractivity contribution is -0.136. The summed E-state index contributed by atoms with van der Waals surface area (Å²) in [6.07, 6.45) is 0.163. The summed E-state index contributed by atoms with van der Waals surface area (Å²) in [7, 11) is -4.08. The number of carbonyl (C=O) groups excluding carboxylic acids is 1. The van der Waals surface area contributed by atoms with Crippen LogP contribution in [-0.2, 0) is 32.5 Å². The molecule has 210 valence electrons. The van der Waals surface area contributed by atoms with Gasteiger partial charge in [0.15, 0.2) is 0 Å². The van der Waals surface area contributed by atoms with Crippen molar-refractivity contribution in [3.05, 3.63) is 113 Å². The first-order valence-electron chi connectivity index (χ1n) is 12.9. The van der Waals surface area contributed by atoms with Gasteiger partial charge in [0.05, 0.1) is 23.5 Å². The number of benzene rings is 4. The summed E-state index contributed by atoms with van der Waals surface area (Å²) in [6.45, 7) is 0.308. The van der Waals surface area contributed by atoms with Crippen molar-refractivity contribution in [1.29, 1.82) is 0 Å². The number of anilines is 1. The monoisotopic (exact) mass is 590 g/mol. The molecule has 10 heteroatoms. The third kappa shape index (κ3) is 6.21. The molecule has 0 unspecified atom stereocenters. The normalized spacial score (nSPS) is 14.4. The van der Waals surface area contributed by atoms with E-state index in [1.54, 1.807) is 54.6 Å². The van der Waals surface area contributed by atoms with Gasteiger partial charge in [0.1, 0.15) is 18.4 Å². The number of fused-ring (bicyclic) bond motifs is 1. The van der Waals surface area contributed by atoms with E-state index in [-0.39, 0.29) is 30.9 Å². The van der Waals surface area contributed by atoms with E-state index in [4.69, 9.17) is 21.4 Å². The Morgan fingerprint density at radius 1 is 0.927 bits per heavy atom. The number of carbonyl (C=O) groups is 2.